The van der Waals surface area contributed by atoms with Gasteiger partial charge in [0.2, 0.25) is 0 Å². The van der Waals surface area contributed by atoms with Crippen LogP contribution in [0.25, 0.3) is 0 Å². The van der Waals surface area contributed by atoms with E-state index in [4.69, 9.17) is 4.74 Å². The minimum absolute atomic E-state index is 0.0728. The molecule has 0 atom stereocenters. The molecule has 7 nitrogen and oxygen atoms in total. The van der Waals surface area contributed by atoms with E-state index < -0.39 is 28.2 Å². The fourth-order valence-corrected chi connectivity index (χ4v) is 2.69. The number of nitro groups is 1. The van der Waals surface area contributed by atoms with Crippen molar-refractivity contribution in [2.24, 2.45) is 0 Å². The Balaban J connectivity index is 1.89. The molecule has 0 unspecified atom stereocenters. The van der Waals surface area contributed by atoms with Crippen molar-refractivity contribution in [3.63, 3.8) is 0 Å². The van der Waals surface area contributed by atoms with E-state index in [1.807, 2.05) is 0 Å². The number of rotatable bonds is 4. The van der Waals surface area contributed by atoms with Gasteiger partial charge in [-0.2, -0.15) is 0 Å². The Kier molecular flexibility index (Phi) is 5.08. The Labute approximate surface area is 147 Å². The molecule has 9 heteroatoms. The van der Waals surface area contributed by atoms with Crippen molar-refractivity contribution in [2.75, 3.05) is 36.5 Å². The summed E-state index contributed by atoms with van der Waals surface area (Å²) in [6.07, 6.45) is 0. The first-order chi connectivity index (χ1) is 12.5. The van der Waals surface area contributed by atoms with Gasteiger partial charge in [-0.05, 0) is 24.3 Å². The summed E-state index contributed by atoms with van der Waals surface area (Å²) < 4.78 is 32.5. The first-order valence-electron chi connectivity index (χ1n) is 7.84. The maximum Gasteiger partial charge on any atom is 0.293 e. The fourth-order valence-electron chi connectivity index (χ4n) is 2.69. The van der Waals surface area contributed by atoms with Crippen LogP contribution >= 0.6 is 0 Å². The SMILES string of the molecule is O=C(Nc1c(F)cccc1F)c1ccc(N2CCOCC2)c([N+](=O)[O-])c1. The molecule has 1 N–H and O–H groups in total. The lowest BCUT2D eigenvalue weighted by Crippen LogP contribution is -2.36. The summed E-state index contributed by atoms with van der Waals surface area (Å²) in [5, 5.41) is 13.5. The normalized spacial score (nSPS) is 14.2. The summed E-state index contributed by atoms with van der Waals surface area (Å²) in [6.45, 7) is 1.89. The quantitative estimate of drug-likeness (QED) is 0.667. The Morgan fingerprint density at radius 3 is 2.42 bits per heavy atom. The second-order valence-electron chi connectivity index (χ2n) is 5.61. The van der Waals surface area contributed by atoms with Crippen LogP contribution in [0.5, 0.6) is 0 Å². The van der Waals surface area contributed by atoms with Crippen LogP contribution in [0.3, 0.4) is 0 Å². The van der Waals surface area contributed by atoms with Gasteiger partial charge in [0, 0.05) is 24.7 Å². The summed E-state index contributed by atoms with van der Waals surface area (Å²) in [7, 11) is 0. The highest BCUT2D eigenvalue weighted by Crippen LogP contribution is 2.30. The first kappa shape index (κ1) is 17.7. The monoisotopic (exact) mass is 363 g/mol. The highest BCUT2D eigenvalue weighted by atomic mass is 19.1. The van der Waals surface area contributed by atoms with Crippen molar-refractivity contribution < 1.29 is 23.2 Å². The molecule has 2 aromatic rings. The van der Waals surface area contributed by atoms with E-state index in [0.29, 0.717) is 32.0 Å². The van der Waals surface area contributed by atoms with Crippen molar-refractivity contribution >= 4 is 23.0 Å². The molecule has 1 amide bonds. The van der Waals surface area contributed by atoms with Crippen LogP contribution in [-0.2, 0) is 4.74 Å². The number of carbonyl (C=O) groups excluding carboxylic acids is 1. The van der Waals surface area contributed by atoms with Crippen LogP contribution in [0.15, 0.2) is 36.4 Å². The van der Waals surface area contributed by atoms with Crippen LogP contribution in [0.1, 0.15) is 10.4 Å². The molecule has 136 valence electrons. The number of nitrogens with one attached hydrogen (secondary N) is 1. The van der Waals surface area contributed by atoms with E-state index in [1.165, 1.54) is 18.2 Å². The number of nitro benzene ring substituents is 1. The Morgan fingerprint density at radius 1 is 1.15 bits per heavy atom. The third kappa shape index (κ3) is 3.62. The zero-order valence-corrected chi connectivity index (χ0v) is 13.6. The predicted octanol–water partition coefficient (Wildman–Crippen LogP) is 2.96. The largest absolute Gasteiger partial charge is 0.378 e. The van der Waals surface area contributed by atoms with Gasteiger partial charge in [-0.1, -0.05) is 6.07 Å². The molecule has 0 aliphatic carbocycles. The molecule has 1 saturated heterocycles. The molecule has 1 fully saturated rings. The molecule has 1 heterocycles. The second kappa shape index (κ2) is 7.44. The van der Waals surface area contributed by atoms with E-state index in [-0.39, 0.29) is 11.3 Å². The summed E-state index contributed by atoms with van der Waals surface area (Å²) in [5.41, 5.74) is -0.561. The van der Waals surface area contributed by atoms with E-state index >= 15 is 0 Å². The predicted molar refractivity (Wildman–Crippen MR) is 90.4 cm³/mol. The molecule has 1 aliphatic heterocycles. The van der Waals surface area contributed by atoms with E-state index in [2.05, 4.69) is 5.32 Å². The average Bonchev–Trinajstić information content (AvgIpc) is 2.65. The average molecular weight is 363 g/mol. The maximum atomic E-state index is 13.7. The number of anilines is 2. The summed E-state index contributed by atoms with van der Waals surface area (Å²) in [5.74, 6) is -2.71. The van der Waals surface area contributed by atoms with Crippen LogP contribution < -0.4 is 10.2 Å². The lowest BCUT2D eigenvalue weighted by Gasteiger charge is -2.28. The van der Waals surface area contributed by atoms with Crippen LogP contribution in [-0.4, -0.2) is 37.1 Å². The number of hydrogen-bond donors (Lipinski definition) is 1. The topological polar surface area (TPSA) is 84.7 Å². The highest BCUT2D eigenvalue weighted by Gasteiger charge is 2.24. The van der Waals surface area contributed by atoms with Gasteiger partial charge in [-0.15, -0.1) is 0 Å². The summed E-state index contributed by atoms with van der Waals surface area (Å²) in [4.78, 5) is 24.9. The van der Waals surface area contributed by atoms with E-state index in [1.54, 1.807) is 4.90 Å². The van der Waals surface area contributed by atoms with Crippen molar-refractivity contribution in [3.8, 4) is 0 Å². The van der Waals surface area contributed by atoms with Gasteiger partial charge in [0.1, 0.15) is 23.0 Å². The zero-order chi connectivity index (χ0) is 18.7. The highest BCUT2D eigenvalue weighted by molar-refractivity contribution is 6.05. The number of benzene rings is 2. The van der Waals surface area contributed by atoms with Gasteiger partial charge in [0.25, 0.3) is 11.6 Å². The molecule has 0 bridgehead atoms. The van der Waals surface area contributed by atoms with Crippen molar-refractivity contribution in [1.29, 1.82) is 0 Å². The number of morpholine rings is 1. The van der Waals surface area contributed by atoms with Crippen LogP contribution in [0.4, 0.5) is 25.8 Å². The molecule has 1 aliphatic rings. The Morgan fingerprint density at radius 2 is 1.81 bits per heavy atom. The minimum atomic E-state index is -0.933. The van der Waals surface area contributed by atoms with Crippen molar-refractivity contribution in [2.45, 2.75) is 0 Å². The molecule has 26 heavy (non-hydrogen) atoms. The fraction of sp³-hybridized carbons (Fsp3) is 0.235. The molecule has 3 rings (SSSR count). The number of ether oxygens (including phenoxy) is 1. The number of carbonyl (C=O) groups is 1. The third-order valence-electron chi connectivity index (χ3n) is 3.99. The van der Waals surface area contributed by atoms with Gasteiger partial charge < -0.3 is 15.0 Å². The molecule has 0 spiro atoms. The van der Waals surface area contributed by atoms with Gasteiger partial charge >= 0.3 is 0 Å². The van der Waals surface area contributed by atoms with Crippen LogP contribution in [0, 0.1) is 21.7 Å². The molecule has 0 aromatic heterocycles. The number of halogens is 2. The summed E-state index contributed by atoms with van der Waals surface area (Å²) in [6, 6.07) is 7.11. The van der Waals surface area contributed by atoms with E-state index in [0.717, 1.165) is 18.2 Å². The third-order valence-corrected chi connectivity index (χ3v) is 3.99. The Hall–Kier alpha value is -3.07. The number of para-hydroxylation sites is 1. The lowest BCUT2D eigenvalue weighted by molar-refractivity contribution is -0.384. The maximum absolute atomic E-state index is 13.7. The number of amides is 1. The molecule has 0 saturated carbocycles. The first-order valence-corrected chi connectivity index (χ1v) is 7.84. The standard InChI is InChI=1S/C17H15F2N3O4/c18-12-2-1-3-13(19)16(12)20-17(23)11-4-5-14(15(10-11)22(24)25)21-6-8-26-9-7-21/h1-5,10H,6-9H2,(H,20,23). The molecular weight excluding hydrogens is 348 g/mol. The van der Waals surface area contributed by atoms with Gasteiger partial charge in [-0.25, -0.2) is 8.78 Å². The van der Waals surface area contributed by atoms with Crippen molar-refractivity contribution in [1.82, 2.24) is 0 Å². The molecular formula is C17H15F2N3O4. The van der Waals surface area contributed by atoms with Crippen molar-refractivity contribution in [3.05, 3.63) is 63.7 Å². The number of hydrogen-bond acceptors (Lipinski definition) is 5. The molecule has 2 aromatic carbocycles. The van der Waals surface area contributed by atoms with Gasteiger partial charge in [0.15, 0.2) is 0 Å². The minimum Gasteiger partial charge on any atom is -0.378 e. The zero-order valence-electron chi connectivity index (χ0n) is 13.6. The summed E-state index contributed by atoms with van der Waals surface area (Å²) >= 11 is 0. The molecule has 0 radical (unpaired) electrons. The Bertz CT molecular complexity index is 834. The van der Waals surface area contributed by atoms with Gasteiger partial charge in [-0.3, -0.25) is 14.9 Å². The smallest absolute Gasteiger partial charge is 0.293 e. The lowest BCUT2D eigenvalue weighted by atomic mass is 10.1. The second-order valence-corrected chi connectivity index (χ2v) is 5.61. The van der Waals surface area contributed by atoms with E-state index in [9.17, 15) is 23.7 Å². The number of nitrogens with zero attached hydrogens (tertiary/aromatic N) is 2. The van der Waals surface area contributed by atoms with Gasteiger partial charge in [0.05, 0.1) is 18.1 Å². The van der Waals surface area contributed by atoms with Crippen LogP contribution in [0.2, 0.25) is 0 Å².